The molecule has 0 spiro atoms. The molecule has 0 unspecified atom stereocenters. The van der Waals surface area contributed by atoms with Crippen molar-refractivity contribution in [3.63, 3.8) is 0 Å². The fraction of sp³-hybridized carbons (Fsp3) is 0. The molecule has 0 saturated carbocycles. The smallest absolute Gasteiger partial charge is 0.0346 e. The summed E-state index contributed by atoms with van der Waals surface area (Å²) in [7, 11) is 0. The molecule has 4 rings (SSSR count). The third kappa shape index (κ3) is 1.84. The molecule has 1 heteroatoms. The van der Waals surface area contributed by atoms with E-state index in [1.54, 1.807) is 6.20 Å². The van der Waals surface area contributed by atoms with Crippen LogP contribution in [0.5, 0.6) is 0 Å². The molecule has 0 fully saturated rings. The van der Waals surface area contributed by atoms with Gasteiger partial charge < -0.3 is 0 Å². The normalized spacial score (nSPS) is 11.0. The lowest BCUT2D eigenvalue weighted by Crippen LogP contribution is -1.81. The van der Waals surface area contributed by atoms with E-state index in [0.29, 0.717) is 0 Å². The Morgan fingerprint density at radius 3 is 2.05 bits per heavy atom. The fourth-order valence-corrected chi connectivity index (χ4v) is 2.65. The predicted molar refractivity (Wildman–Crippen MR) is 84.7 cm³/mol. The molecular weight excluding hydrogens is 242 g/mol. The molecule has 0 saturated heterocycles. The van der Waals surface area contributed by atoms with Crippen LogP contribution in [0.15, 0.2) is 79.1 Å². The summed E-state index contributed by atoms with van der Waals surface area (Å²) in [6, 6.07) is 23.6. The van der Waals surface area contributed by atoms with Gasteiger partial charge in [-0.2, -0.15) is 0 Å². The lowest BCUT2D eigenvalue weighted by molar-refractivity contribution is 1.33. The minimum absolute atomic E-state index is 1.16. The molecule has 0 bridgehead atoms. The maximum absolute atomic E-state index is 4.19. The Morgan fingerprint density at radius 2 is 1.30 bits per heavy atom. The van der Waals surface area contributed by atoms with Crippen molar-refractivity contribution < 1.29 is 0 Å². The highest BCUT2D eigenvalue weighted by Crippen LogP contribution is 2.27. The summed E-state index contributed by atoms with van der Waals surface area (Å²) >= 11 is 0. The van der Waals surface area contributed by atoms with Crippen molar-refractivity contribution in [2.24, 2.45) is 0 Å². The number of nitrogens with zero attached hydrogens (tertiary/aromatic N) is 1. The van der Waals surface area contributed by atoms with Crippen LogP contribution >= 0.6 is 0 Å². The topological polar surface area (TPSA) is 12.9 Å². The first-order chi connectivity index (χ1) is 9.90. The van der Waals surface area contributed by atoms with Gasteiger partial charge in [0.1, 0.15) is 0 Å². The maximum atomic E-state index is 4.19. The average molecular weight is 255 g/mol. The van der Waals surface area contributed by atoms with Gasteiger partial charge in [-0.25, -0.2) is 0 Å². The Labute approximate surface area is 117 Å². The monoisotopic (exact) mass is 255 g/mol. The highest BCUT2D eigenvalue weighted by molar-refractivity contribution is 5.99. The highest BCUT2D eigenvalue weighted by atomic mass is 14.6. The van der Waals surface area contributed by atoms with Gasteiger partial charge in [-0.15, -0.1) is 0 Å². The molecule has 0 N–H and O–H groups in total. The molecule has 0 amide bonds. The molecular formula is C19H13N. The van der Waals surface area contributed by atoms with Crippen molar-refractivity contribution >= 4 is 21.5 Å². The maximum Gasteiger partial charge on any atom is 0.0346 e. The summed E-state index contributed by atoms with van der Waals surface area (Å²) in [4.78, 5) is 4.19. The second-order valence-electron chi connectivity index (χ2n) is 5.00. The first-order valence-electron chi connectivity index (χ1n) is 6.73. The lowest BCUT2D eigenvalue weighted by Gasteiger charge is -2.05. The molecule has 3 aromatic carbocycles. The van der Waals surface area contributed by atoms with Crippen molar-refractivity contribution in [1.29, 1.82) is 0 Å². The Hall–Kier alpha value is -2.67. The van der Waals surface area contributed by atoms with Crippen LogP contribution in [0.2, 0.25) is 0 Å². The van der Waals surface area contributed by atoms with Gasteiger partial charge in [-0.1, -0.05) is 42.5 Å². The molecule has 4 aromatic rings. The van der Waals surface area contributed by atoms with Gasteiger partial charge in [0.2, 0.25) is 0 Å². The van der Waals surface area contributed by atoms with Crippen molar-refractivity contribution in [3.05, 3.63) is 79.1 Å². The van der Waals surface area contributed by atoms with Gasteiger partial charge in [-0.05, 0) is 51.4 Å². The van der Waals surface area contributed by atoms with E-state index >= 15 is 0 Å². The van der Waals surface area contributed by atoms with E-state index in [4.69, 9.17) is 0 Å². The first kappa shape index (κ1) is 11.2. The van der Waals surface area contributed by atoms with Crippen LogP contribution in [0.3, 0.4) is 0 Å². The zero-order valence-electron chi connectivity index (χ0n) is 11.0. The van der Waals surface area contributed by atoms with E-state index in [0.717, 1.165) is 5.56 Å². The number of aromatic nitrogens is 1. The van der Waals surface area contributed by atoms with Gasteiger partial charge in [0.25, 0.3) is 0 Å². The minimum atomic E-state index is 1.16. The van der Waals surface area contributed by atoms with E-state index < -0.39 is 0 Å². The van der Waals surface area contributed by atoms with Crippen LogP contribution in [0.1, 0.15) is 0 Å². The quantitative estimate of drug-likeness (QED) is 0.433. The van der Waals surface area contributed by atoms with Crippen LogP contribution < -0.4 is 0 Å². The van der Waals surface area contributed by atoms with Crippen LogP contribution in [0, 0.1) is 0 Å². The van der Waals surface area contributed by atoms with Gasteiger partial charge in [-0.3, -0.25) is 4.98 Å². The van der Waals surface area contributed by atoms with Crippen LogP contribution in [0.4, 0.5) is 0 Å². The summed E-state index contributed by atoms with van der Waals surface area (Å²) in [5.74, 6) is 0. The Morgan fingerprint density at radius 1 is 0.550 bits per heavy atom. The van der Waals surface area contributed by atoms with E-state index in [1.165, 1.54) is 27.1 Å². The van der Waals surface area contributed by atoms with Crippen molar-refractivity contribution in [1.82, 2.24) is 4.98 Å². The van der Waals surface area contributed by atoms with Crippen LogP contribution in [-0.4, -0.2) is 4.98 Å². The van der Waals surface area contributed by atoms with Crippen molar-refractivity contribution in [2.45, 2.75) is 0 Å². The molecule has 20 heavy (non-hydrogen) atoms. The molecule has 1 nitrogen and oxygen atoms in total. The van der Waals surface area contributed by atoms with Gasteiger partial charge >= 0.3 is 0 Å². The number of hydrogen-bond donors (Lipinski definition) is 0. The zero-order chi connectivity index (χ0) is 13.4. The first-order valence-corrected chi connectivity index (χ1v) is 6.73. The molecule has 94 valence electrons. The SMILES string of the molecule is c1cncc(-c2ccc3cc4ccccc4cc3c2)c1. The van der Waals surface area contributed by atoms with E-state index in [2.05, 4.69) is 65.6 Å². The number of fused-ring (bicyclic) bond motifs is 2. The number of pyridine rings is 1. The number of hydrogen-bond acceptors (Lipinski definition) is 1. The van der Waals surface area contributed by atoms with Gasteiger partial charge in [0.15, 0.2) is 0 Å². The number of rotatable bonds is 1. The molecule has 0 aliphatic rings. The molecule has 0 radical (unpaired) electrons. The van der Waals surface area contributed by atoms with Crippen molar-refractivity contribution in [3.8, 4) is 11.1 Å². The largest absolute Gasteiger partial charge is 0.264 e. The Bertz CT molecular complexity index is 895. The summed E-state index contributed by atoms with van der Waals surface area (Å²) in [6.45, 7) is 0. The molecule has 1 heterocycles. The molecule has 0 atom stereocenters. The average Bonchev–Trinajstić information content (AvgIpc) is 2.53. The third-order valence-corrected chi connectivity index (χ3v) is 3.70. The second kappa shape index (κ2) is 4.46. The summed E-state index contributed by atoms with van der Waals surface area (Å²) in [5, 5.41) is 5.11. The van der Waals surface area contributed by atoms with E-state index in [9.17, 15) is 0 Å². The second-order valence-corrected chi connectivity index (χ2v) is 5.00. The standard InChI is InChI=1S/C19H13N/c1-2-5-15-11-19-12-16(18-6-3-9-20-13-18)7-8-17(19)10-14(15)4-1/h1-13H. The van der Waals surface area contributed by atoms with E-state index in [-0.39, 0.29) is 0 Å². The molecule has 1 aromatic heterocycles. The lowest BCUT2D eigenvalue weighted by atomic mass is 9.99. The fourth-order valence-electron chi connectivity index (χ4n) is 2.65. The Balaban J connectivity index is 1.97. The van der Waals surface area contributed by atoms with E-state index in [1.807, 2.05) is 12.3 Å². The van der Waals surface area contributed by atoms with Crippen LogP contribution in [0.25, 0.3) is 32.7 Å². The highest BCUT2D eigenvalue weighted by Gasteiger charge is 2.01. The van der Waals surface area contributed by atoms with Crippen LogP contribution in [-0.2, 0) is 0 Å². The summed E-state index contributed by atoms with van der Waals surface area (Å²) in [5.41, 5.74) is 2.36. The molecule has 0 aliphatic heterocycles. The number of benzene rings is 3. The summed E-state index contributed by atoms with van der Waals surface area (Å²) in [6.07, 6.45) is 3.71. The third-order valence-electron chi connectivity index (χ3n) is 3.70. The zero-order valence-corrected chi connectivity index (χ0v) is 11.0. The minimum Gasteiger partial charge on any atom is -0.264 e. The van der Waals surface area contributed by atoms with Gasteiger partial charge in [0, 0.05) is 18.0 Å². The van der Waals surface area contributed by atoms with Gasteiger partial charge in [0.05, 0.1) is 0 Å². The Kier molecular flexibility index (Phi) is 2.49. The molecule has 0 aliphatic carbocycles. The predicted octanol–water partition coefficient (Wildman–Crippen LogP) is 5.06. The summed E-state index contributed by atoms with van der Waals surface area (Å²) < 4.78 is 0. The van der Waals surface area contributed by atoms with Crippen molar-refractivity contribution in [2.75, 3.05) is 0 Å².